The van der Waals surface area contributed by atoms with E-state index in [2.05, 4.69) is 45.6 Å². The van der Waals surface area contributed by atoms with Crippen LogP contribution in [0.5, 0.6) is 5.75 Å². The summed E-state index contributed by atoms with van der Waals surface area (Å²) in [6, 6.07) is 26.4. The molecule has 5 aromatic rings. The van der Waals surface area contributed by atoms with Crippen LogP contribution in [0, 0.1) is 13.8 Å². The molecule has 6 rings (SSSR count). The van der Waals surface area contributed by atoms with E-state index in [4.69, 9.17) is 14.5 Å². The third-order valence-corrected chi connectivity index (χ3v) is 9.14. The van der Waals surface area contributed by atoms with Crippen molar-refractivity contribution in [3.8, 4) is 11.4 Å². The van der Waals surface area contributed by atoms with Gasteiger partial charge in [-0.25, -0.2) is 9.79 Å². The van der Waals surface area contributed by atoms with Gasteiger partial charge in [0.05, 0.1) is 35.6 Å². The number of methoxy groups -OCH3 is 1. The van der Waals surface area contributed by atoms with E-state index in [1.165, 1.54) is 11.3 Å². The number of carbonyl (C=O) groups excluding carboxylic acids is 1. The second kappa shape index (κ2) is 12.3. The fraction of sp³-hybridized carbons (Fsp3) is 0.171. The van der Waals surface area contributed by atoms with E-state index in [-0.39, 0.29) is 12.2 Å². The Kier molecular flexibility index (Phi) is 8.25. The number of benzene rings is 3. The van der Waals surface area contributed by atoms with Crippen LogP contribution in [0.1, 0.15) is 41.0 Å². The molecular formula is C35H30BrN3O4S. The second-order valence-electron chi connectivity index (χ2n) is 10.3. The molecule has 0 unspecified atom stereocenters. The van der Waals surface area contributed by atoms with Crippen molar-refractivity contribution in [1.82, 2.24) is 9.13 Å². The van der Waals surface area contributed by atoms with Gasteiger partial charge in [-0.1, -0.05) is 69.7 Å². The molecule has 222 valence electrons. The molecule has 1 aliphatic rings. The van der Waals surface area contributed by atoms with Gasteiger partial charge in [0, 0.05) is 27.1 Å². The molecule has 44 heavy (non-hydrogen) atoms. The lowest BCUT2D eigenvalue weighted by Gasteiger charge is -2.26. The minimum atomic E-state index is -0.770. The molecule has 9 heteroatoms. The highest BCUT2D eigenvalue weighted by Gasteiger charge is 2.35. The van der Waals surface area contributed by atoms with Crippen molar-refractivity contribution in [3.05, 3.63) is 143 Å². The molecular weight excluding hydrogens is 638 g/mol. The van der Waals surface area contributed by atoms with Crippen LogP contribution in [0.25, 0.3) is 17.5 Å². The summed E-state index contributed by atoms with van der Waals surface area (Å²) in [6.45, 7) is 6.05. The molecule has 0 fully saturated rings. The van der Waals surface area contributed by atoms with Crippen molar-refractivity contribution < 1.29 is 14.3 Å². The molecule has 0 saturated carbocycles. The molecule has 2 aromatic heterocycles. The molecule has 0 spiro atoms. The number of thiazole rings is 1. The van der Waals surface area contributed by atoms with Crippen LogP contribution in [0.15, 0.2) is 105 Å². The number of halogens is 1. The first-order valence-corrected chi connectivity index (χ1v) is 15.8. The topological polar surface area (TPSA) is 74.8 Å². The predicted molar refractivity (Wildman–Crippen MR) is 177 cm³/mol. The molecule has 0 saturated heterocycles. The van der Waals surface area contributed by atoms with E-state index < -0.39 is 12.0 Å². The predicted octanol–water partition coefficient (Wildman–Crippen LogP) is 6.11. The monoisotopic (exact) mass is 667 g/mol. The highest BCUT2D eigenvalue weighted by atomic mass is 79.9. The first-order valence-electron chi connectivity index (χ1n) is 14.2. The normalized spacial score (nSPS) is 14.8. The first-order chi connectivity index (χ1) is 21.3. The van der Waals surface area contributed by atoms with Crippen LogP contribution in [-0.2, 0) is 9.53 Å². The van der Waals surface area contributed by atoms with Gasteiger partial charge in [-0.3, -0.25) is 9.36 Å². The van der Waals surface area contributed by atoms with Gasteiger partial charge in [0.2, 0.25) is 0 Å². The zero-order valence-electron chi connectivity index (χ0n) is 24.7. The van der Waals surface area contributed by atoms with Crippen LogP contribution in [0.2, 0.25) is 0 Å². The smallest absolute Gasteiger partial charge is 0.338 e. The summed E-state index contributed by atoms with van der Waals surface area (Å²) in [6.07, 6.45) is 1.92. The summed E-state index contributed by atoms with van der Waals surface area (Å²) < 4.78 is 16.4. The van der Waals surface area contributed by atoms with Gasteiger partial charge in [0.1, 0.15) is 5.75 Å². The van der Waals surface area contributed by atoms with E-state index in [0.717, 1.165) is 38.2 Å². The van der Waals surface area contributed by atoms with Crippen molar-refractivity contribution in [2.24, 2.45) is 4.99 Å². The number of rotatable bonds is 7. The number of hydrogen-bond acceptors (Lipinski definition) is 6. The van der Waals surface area contributed by atoms with Crippen molar-refractivity contribution in [1.29, 1.82) is 0 Å². The van der Waals surface area contributed by atoms with Gasteiger partial charge >= 0.3 is 5.97 Å². The number of esters is 1. The van der Waals surface area contributed by atoms with Gasteiger partial charge in [-0.2, -0.15) is 0 Å². The minimum Gasteiger partial charge on any atom is -0.497 e. The van der Waals surface area contributed by atoms with Crippen molar-refractivity contribution in [3.63, 3.8) is 0 Å². The Morgan fingerprint density at radius 3 is 2.48 bits per heavy atom. The molecule has 0 bridgehead atoms. The fourth-order valence-corrected chi connectivity index (χ4v) is 6.89. The Morgan fingerprint density at radius 1 is 1.02 bits per heavy atom. The van der Waals surface area contributed by atoms with Crippen LogP contribution in [0.4, 0.5) is 0 Å². The van der Waals surface area contributed by atoms with Gasteiger partial charge in [-0.15, -0.1) is 0 Å². The highest BCUT2D eigenvalue weighted by Crippen LogP contribution is 2.36. The number of carbonyl (C=O) groups is 1. The summed E-state index contributed by atoms with van der Waals surface area (Å²) in [5.41, 5.74) is 6.07. The van der Waals surface area contributed by atoms with Crippen LogP contribution < -0.4 is 19.6 Å². The zero-order chi connectivity index (χ0) is 31.0. The Hall–Kier alpha value is -4.47. The summed E-state index contributed by atoms with van der Waals surface area (Å²) in [5, 5.41) is 0. The van der Waals surface area contributed by atoms with Gasteiger partial charge in [-0.05, 0) is 80.4 Å². The Morgan fingerprint density at radius 2 is 1.77 bits per heavy atom. The lowest BCUT2D eigenvalue weighted by molar-refractivity contribution is -0.138. The van der Waals surface area contributed by atoms with E-state index in [0.29, 0.717) is 26.4 Å². The van der Waals surface area contributed by atoms with Gasteiger partial charge in [0.15, 0.2) is 4.80 Å². The molecule has 3 heterocycles. The van der Waals surface area contributed by atoms with Crippen LogP contribution in [-0.4, -0.2) is 28.8 Å². The third kappa shape index (κ3) is 5.37. The van der Waals surface area contributed by atoms with E-state index in [1.807, 2.05) is 79.7 Å². The molecule has 0 radical (unpaired) electrons. The second-order valence-corrected chi connectivity index (χ2v) is 12.3. The number of aryl methyl sites for hydroxylation is 1. The maximum absolute atomic E-state index is 14.3. The van der Waals surface area contributed by atoms with Gasteiger partial charge < -0.3 is 14.0 Å². The molecule has 1 aliphatic heterocycles. The van der Waals surface area contributed by atoms with E-state index in [1.54, 1.807) is 18.6 Å². The summed E-state index contributed by atoms with van der Waals surface area (Å²) in [7, 11) is 1.59. The maximum Gasteiger partial charge on any atom is 0.338 e. The molecule has 0 N–H and O–H groups in total. The molecule has 0 aliphatic carbocycles. The van der Waals surface area contributed by atoms with Crippen LogP contribution >= 0.6 is 27.3 Å². The first kappa shape index (κ1) is 29.6. The maximum atomic E-state index is 14.3. The number of ether oxygens (including phenoxy) is 2. The number of nitrogens with zero attached hydrogens (tertiary/aromatic N) is 3. The van der Waals surface area contributed by atoms with E-state index >= 15 is 0 Å². The minimum absolute atomic E-state index is 0.188. The van der Waals surface area contributed by atoms with Crippen molar-refractivity contribution >= 4 is 45.0 Å². The number of aromatic nitrogens is 2. The third-order valence-electron chi connectivity index (χ3n) is 7.62. The number of hydrogen-bond donors (Lipinski definition) is 0. The fourth-order valence-electron chi connectivity index (χ4n) is 5.63. The summed E-state index contributed by atoms with van der Waals surface area (Å²) >= 11 is 4.82. The molecule has 3 aromatic carbocycles. The lowest BCUT2D eigenvalue weighted by atomic mass is 9.93. The van der Waals surface area contributed by atoms with E-state index in [9.17, 15) is 9.59 Å². The quantitative estimate of drug-likeness (QED) is 0.196. The summed E-state index contributed by atoms with van der Waals surface area (Å²) in [5.74, 6) is 0.0988. The number of fused-ring (bicyclic) bond motifs is 1. The molecule has 7 nitrogen and oxygen atoms in total. The van der Waals surface area contributed by atoms with Gasteiger partial charge in [0.25, 0.3) is 5.56 Å². The molecule has 1 atom stereocenters. The van der Waals surface area contributed by atoms with Crippen molar-refractivity contribution in [2.75, 3.05) is 13.7 Å². The Balaban J connectivity index is 1.60. The SMILES string of the molecule is CCOC(=O)C1=C(c2ccccc2)N=c2s/c(=C\c3cc(C)n(-c4ccc(Br)cc4)c3C)c(=O)n2[C@@H]1c1cccc(OC)c1. The molecule has 0 amide bonds. The average molecular weight is 669 g/mol. The van der Waals surface area contributed by atoms with Crippen molar-refractivity contribution in [2.45, 2.75) is 26.8 Å². The lowest BCUT2D eigenvalue weighted by Crippen LogP contribution is -2.40. The van der Waals surface area contributed by atoms with Crippen LogP contribution in [0.3, 0.4) is 0 Å². The largest absolute Gasteiger partial charge is 0.497 e. The highest BCUT2D eigenvalue weighted by molar-refractivity contribution is 9.10. The summed E-state index contributed by atoms with van der Waals surface area (Å²) in [4.78, 5) is 33.4. The standard InChI is InChI=1S/C35H30BrN3O4S/c1-5-43-34(41)30-31(23-10-7-6-8-11-23)37-35-39(32(30)24-12-9-13-28(19-24)42-4)33(40)29(44-35)20-25-18-21(2)38(22(25)3)27-16-14-26(36)15-17-27/h6-20,32H,5H2,1-4H3/b29-20-/t32-/m1/s1. The Labute approximate surface area is 267 Å². The Bertz CT molecular complexity index is 2090. The zero-order valence-corrected chi connectivity index (χ0v) is 27.1. The average Bonchev–Trinajstić information content (AvgIpc) is 3.50.